The van der Waals surface area contributed by atoms with Crippen molar-refractivity contribution >= 4 is 17.6 Å². The van der Waals surface area contributed by atoms with E-state index in [1.54, 1.807) is 5.01 Å². The zero-order chi connectivity index (χ0) is 16.2. The highest BCUT2D eigenvalue weighted by atomic mass is 16.4. The van der Waals surface area contributed by atoms with Gasteiger partial charge in [0.2, 0.25) is 5.76 Å². The van der Waals surface area contributed by atoms with Gasteiger partial charge in [-0.05, 0) is 37.1 Å². The van der Waals surface area contributed by atoms with Crippen LogP contribution in [-0.2, 0) is 0 Å². The third kappa shape index (κ3) is 3.27. The maximum absolute atomic E-state index is 12.9. The van der Waals surface area contributed by atoms with Crippen molar-refractivity contribution < 1.29 is 19.1 Å². The number of furan rings is 1. The fourth-order valence-corrected chi connectivity index (χ4v) is 2.73. The van der Waals surface area contributed by atoms with E-state index in [1.807, 2.05) is 35.3 Å². The van der Waals surface area contributed by atoms with Gasteiger partial charge in [-0.2, -0.15) is 0 Å². The molecule has 1 aliphatic heterocycles. The first kappa shape index (κ1) is 15.3. The SMILES string of the molecule is O=C(O)c1ccc(C(=O)N(c2ccccc2)N2CCCCC2)o1. The average molecular weight is 314 g/mol. The molecule has 23 heavy (non-hydrogen) atoms. The van der Waals surface area contributed by atoms with Crippen LogP contribution in [0.15, 0.2) is 46.9 Å². The van der Waals surface area contributed by atoms with Crippen LogP contribution in [0.5, 0.6) is 0 Å². The summed E-state index contributed by atoms with van der Waals surface area (Å²) in [6, 6.07) is 12.0. The van der Waals surface area contributed by atoms with E-state index in [9.17, 15) is 9.59 Å². The second-order valence-electron chi connectivity index (χ2n) is 5.44. The minimum Gasteiger partial charge on any atom is -0.475 e. The zero-order valence-corrected chi connectivity index (χ0v) is 12.6. The summed E-state index contributed by atoms with van der Waals surface area (Å²) in [4.78, 5) is 23.8. The lowest BCUT2D eigenvalue weighted by molar-refractivity contribution is 0.0658. The van der Waals surface area contributed by atoms with E-state index in [4.69, 9.17) is 9.52 Å². The molecule has 1 N–H and O–H groups in total. The number of anilines is 1. The Bertz CT molecular complexity index is 690. The predicted molar refractivity (Wildman–Crippen MR) is 84.3 cm³/mol. The fourth-order valence-electron chi connectivity index (χ4n) is 2.73. The lowest BCUT2D eigenvalue weighted by Gasteiger charge is -2.36. The van der Waals surface area contributed by atoms with E-state index in [0.29, 0.717) is 0 Å². The number of aromatic carboxylic acids is 1. The number of hydrazine groups is 1. The second-order valence-corrected chi connectivity index (χ2v) is 5.44. The minimum atomic E-state index is -1.19. The Kier molecular flexibility index (Phi) is 4.43. The number of hydrogen-bond acceptors (Lipinski definition) is 4. The van der Waals surface area contributed by atoms with Gasteiger partial charge >= 0.3 is 11.9 Å². The third-order valence-electron chi connectivity index (χ3n) is 3.84. The van der Waals surface area contributed by atoms with Crippen LogP contribution in [0, 0.1) is 0 Å². The number of piperidine rings is 1. The Morgan fingerprint density at radius 3 is 2.22 bits per heavy atom. The molecule has 120 valence electrons. The largest absolute Gasteiger partial charge is 0.475 e. The van der Waals surface area contributed by atoms with E-state index in [0.717, 1.165) is 38.0 Å². The number of amides is 1. The summed E-state index contributed by atoms with van der Waals surface area (Å²) in [7, 11) is 0. The number of carbonyl (C=O) groups is 2. The molecule has 1 aromatic heterocycles. The Balaban J connectivity index is 1.93. The number of rotatable bonds is 4. The van der Waals surface area contributed by atoms with Crippen LogP contribution in [0.3, 0.4) is 0 Å². The van der Waals surface area contributed by atoms with Crippen molar-refractivity contribution in [3.05, 3.63) is 54.0 Å². The summed E-state index contributed by atoms with van der Waals surface area (Å²) in [5, 5.41) is 12.5. The van der Waals surface area contributed by atoms with Crippen LogP contribution < -0.4 is 5.01 Å². The quantitative estimate of drug-likeness (QED) is 0.939. The molecule has 1 aromatic carbocycles. The summed E-state index contributed by atoms with van der Waals surface area (Å²) in [6.45, 7) is 1.57. The molecule has 0 aliphatic carbocycles. The molecule has 0 atom stereocenters. The Hall–Kier alpha value is -2.60. The van der Waals surface area contributed by atoms with Crippen molar-refractivity contribution in [2.75, 3.05) is 18.1 Å². The first-order chi connectivity index (χ1) is 11.2. The van der Waals surface area contributed by atoms with E-state index >= 15 is 0 Å². The molecule has 0 bridgehead atoms. The third-order valence-corrected chi connectivity index (χ3v) is 3.84. The smallest absolute Gasteiger partial charge is 0.371 e. The molecule has 2 heterocycles. The van der Waals surface area contributed by atoms with Gasteiger partial charge < -0.3 is 9.52 Å². The highest BCUT2D eigenvalue weighted by Crippen LogP contribution is 2.23. The number of nitrogens with zero attached hydrogens (tertiary/aromatic N) is 2. The van der Waals surface area contributed by atoms with Gasteiger partial charge in [-0.3, -0.25) is 4.79 Å². The number of carbonyl (C=O) groups excluding carboxylic acids is 1. The first-order valence-electron chi connectivity index (χ1n) is 7.64. The average Bonchev–Trinajstić information content (AvgIpc) is 3.07. The van der Waals surface area contributed by atoms with Gasteiger partial charge in [0, 0.05) is 13.1 Å². The molecule has 1 amide bonds. The molecule has 0 radical (unpaired) electrons. The number of hydrogen-bond donors (Lipinski definition) is 1. The van der Waals surface area contributed by atoms with Crippen LogP contribution in [0.4, 0.5) is 5.69 Å². The van der Waals surface area contributed by atoms with Crippen LogP contribution in [0.2, 0.25) is 0 Å². The lowest BCUT2D eigenvalue weighted by Crippen LogP contribution is -2.49. The van der Waals surface area contributed by atoms with Gasteiger partial charge in [0.05, 0.1) is 5.69 Å². The van der Waals surface area contributed by atoms with Crippen molar-refractivity contribution in [1.82, 2.24) is 5.01 Å². The van der Waals surface area contributed by atoms with Crippen molar-refractivity contribution in [1.29, 1.82) is 0 Å². The van der Waals surface area contributed by atoms with E-state index in [1.165, 1.54) is 12.1 Å². The zero-order valence-electron chi connectivity index (χ0n) is 12.6. The van der Waals surface area contributed by atoms with Crippen LogP contribution in [0.1, 0.15) is 40.4 Å². The van der Waals surface area contributed by atoms with Gasteiger partial charge in [0.15, 0.2) is 5.76 Å². The molecule has 1 saturated heterocycles. The van der Waals surface area contributed by atoms with Gasteiger partial charge in [-0.15, -0.1) is 0 Å². The standard InChI is InChI=1S/C17H18N2O4/c20-16(14-9-10-15(23-14)17(21)22)19(13-7-3-1-4-8-13)18-11-5-2-6-12-18/h1,3-4,7-10H,2,5-6,11-12H2,(H,21,22). The topological polar surface area (TPSA) is 74.0 Å². The van der Waals surface area contributed by atoms with E-state index in [2.05, 4.69) is 0 Å². The number of para-hydroxylation sites is 1. The highest BCUT2D eigenvalue weighted by molar-refractivity contribution is 6.04. The molecular weight excluding hydrogens is 296 g/mol. The van der Waals surface area contributed by atoms with Gasteiger partial charge in [0.25, 0.3) is 0 Å². The molecule has 0 saturated carbocycles. The maximum atomic E-state index is 12.9. The maximum Gasteiger partial charge on any atom is 0.371 e. The number of carboxylic acids is 1. The highest BCUT2D eigenvalue weighted by Gasteiger charge is 2.28. The van der Waals surface area contributed by atoms with Crippen molar-refractivity contribution in [2.24, 2.45) is 0 Å². The Labute approximate surface area is 133 Å². The molecule has 1 aliphatic rings. The van der Waals surface area contributed by atoms with Crippen LogP contribution in [-0.4, -0.2) is 35.1 Å². The predicted octanol–water partition coefficient (Wildman–Crippen LogP) is 3.03. The number of benzene rings is 1. The molecular formula is C17H18N2O4. The molecule has 1 fully saturated rings. The summed E-state index contributed by atoms with van der Waals surface area (Å²) in [6.07, 6.45) is 3.20. The van der Waals surface area contributed by atoms with E-state index in [-0.39, 0.29) is 17.4 Å². The van der Waals surface area contributed by atoms with Gasteiger partial charge in [-0.25, -0.2) is 14.8 Å². The summed E-state index contributed by atoms with van der Waals surface area (Å²) >= 11 is 0. The molecule has 3 rings (SSSR count). The molecule has 2 aromatic rings. The monoisotopic (exact) mass is 314 g/mol. The lowest BCUT2D eigenvalue weighted by atomic mass is 10.1. The fraction of sp³-hybridized carbons (Fsp3) is 0.294. The first-order valence-corrected chi connectivity index (χ1v) is 7.64. The molecule has 6 heteroatoms. The van der Waals surface area contributed by atoms with Crippen molar-refractivity contribution in [3.8, 4) is 0 Å². The Morgan fingerprint density at radius 1 is 0.957 bits per heavy atom. The second kappa shape index (κ2) is 6.66. The van der Waals surface area contributed by atoms with Gasteiger partial charge in [0.1, 0.15) is 0 Å². The van der Waals surface area contributed by atoms with Crippen molar-refractivity contribution in [3.63, 3.8) is 0 Å². The summed E-state index contributed by atoms with van der Waals surface area (Å²) < 4.78 is 5.18. The Morgan fingerprint density at radius 2 is 1.61 bits per heavy atom. The minimum absolute atomic E-state index is 0.0248. The molecule has 0 spiro atoms. The van der Waals surface area contributed by atoms with Crippen LogP contribution >= 0.6 is 0 Å². The number of carboxylic acid groups (broad SMARTS) is 1. The van der Waals surface area contributed by atoms with E-state index < -0.39 is 5.97 Å². The van der Waals surface area contributed by atoms with Crippen molar-refractivity contribution in [2.45, 2.75) is 19.3 Å². The van der Waals surface area contributed by atoms with Crippen LogP contribution in [0.25, 0.3) is 0 Å². The summed E-state index contributed by atoms with van der Waals surface area (Å²) in [5.41, 5.74) is 0.743. The van der Waals surface area contributed by atoms with Gasteiger partial charge in [-0.1, -0.05) is 24.6 Å². The molecule has 6 nitrogen and oxygen atoms in total. The molecule has 0 unspecified atom stereocenters. The summed E-state index contributed by atoms with van der Waals surface area (Å²) in [5.74, 6) is -1.75. The normalized spacial score (nSPS) is 15.3.